The normalized spacial score (nSPS) is 11.4. The zero-order valence-electron chi connectivity index (χ0n) is 10.3. The fourth-order valence-corrected chi connectivity index (χ4v) is 1.57. The van der Waals surface area contributed by atoms with E-state index in [1.165, 1.54) is 0 Å². The molecule has 0 bridgehead atoms. The van der Waals surface area contributed by atoms with E-state index >= 15 is 0 Å². The summed E-state index contributed by atoms with van der Waals surface area (Å²) in [5.41, 5.74) is 0.925. The molecule has 0 amide bonds. The number of hydrogen-bond acceptors (Lipinski definition) is 4. The Balaban J connectivity index is 2.72. The molecule has 0 unspecified atom stereocenters. The number of pyridine rings is 1. The molecule has 1 aromatic heterocycles. The largest absolute Gasteiger partial charge is 0.354 e. The highest BCUT2D eigenvalue weighted by Gasteiger charge is 2.13. The van der Waals surface area contributed by atoms with Crippen LogP contribution >= 0.6 is 11.6 Å². The predicted octanol–water partition coefficient (Wildman–Crippen LogP) is 1.86. The van der Waals surface area contributed by atoms with Crippen LogP contribution in [0.1, 0.15) is 12.5 Å². The summed E-state index contributed by atoms with van der Waals surface area (Å²) in [7, 11) is 1.77. The van der Waals surface area contributed by atoms with Gasteiger partial charge in [0.25, 0.3) is 6.54 Å². The van der Waals surface area contributed by atoms with E-state index in [1.54, 1.807) is 24.2 Å². The number of aromatic nitrogens is 1. The van der Waals surface area contributed by atoms with Crippen molar-refractivity contribution in [2.75, 3.05) is 20.1 Å². The first-order valence-corrected chi connectivity index (χ1v) is 5.87. The number of nitro groups is 1. The van der Waals surface area contributed by atoms with Crippen LogP contribution in [0.15, 0.2) is 23.3 Å². The van der Waals surface area contributed by atoms with Gasteiger partial charge in [-0.2, -0.15) is 0 Å². The van der Waals surface area contributed by atoms with Gasteiger partial charge in [-0.15, -0.1) is 0 Å². The van der Waals surface area contributed by atoms with Gasteiger partial charge in [0.15, 0.2) is 5.84 Å². The highest BCUT2D eigenvalue weighted by Crippen LogP contribution is 2.07. The molecule has 0 radical (unpaired) electrons. The minimum Gasteiger partial charge on any atom is -0.354 e. The first-order chi connectivity index (χ1) is 8.52. The highest BCUT2D eigenvalue weighted by atomic mass is 35.5. The maximum atomic E-state index is 10.6. The van der Waals surface area contributed by atoms with Gasteiger partial charge in [-0.25, -0.2) is 4.98 Å². The fourth-order valence-electron chi connectivity index (χ4n) is 1.45. The third-order valence-electron chi connectivity index (χ3n) is 2.26. The van der Waals surface area contributed by atoms with Gasteiger partial charge in [0, 0.05) is 31.3 Å². The monoisotopic (exact) mass is 270 g/mol. The summed E-state index contributed by atoms with van der Waals surface area (Å²) in [4.78, 5) is 20.0. The molecule has 6 nitrogen and oxygen atoms in total. The number of nitrogens with zero attached hydrogens (tertiary/aromatic N) is 4. The van der Waals surface area contributed by atoms with Crippen LogP contribution in [0.4, 0.5) is 0 Å². The zero-order chi connectivity index (χ0) is 13.5. The van der Waals surface area contributed by atoms with Crippen molar-refractivity contribution in [3.63, 3.8) is 0 Å². The molecule has 0 N–H and O–H groups in total. The quantitative estimate of drug-likeness (QED) is 0.269. The van der Waals surface area contributed by atoms with E-state index < -0.39 is 0 Å². The standard InChI is InChI=1S/C11H15ClN4O2/c1-3-13-11(8-16(17)18)15(2)7-9-4-5-10(12)14-6-9/h4-6H,3,7-8H2,1-2H3. The van der Waals surface area contributed by atoms with Gasteiger partial charge in [0.1, 0.15) is 5.15 Å². The van der Waals surface area contributed by atoms with Crippen molar-refractivity contribution in [1.29, 1.82) is 0 Å². The molecule has 0 atom stereocenters. The first kappa shape index (κ1) is 14.4. The Bertz CT molecular complexity index is 433. The third kappa shape index (κ3) is 4.67. The minimum absolute atomic E-state index is 0.272. The van der Waals surface area contributed by atoms with E-state index in [9.17, 15) is 10.1 Å². The second kappa shape index (κ2) is 6.90. The number of hydrogen-bond donors (Lipinski definition) is 0. The predicted molar refractivity (Wildman–Crippen MR) is 70.6 cm³/mol. The third-order valence-corrected chi connectivity index (χ3v) is 2.48. The molecular formula is C11H15ClN4O2. The molecule has 98 valence electrons. The SMILES string of the molecule is CCN=C(C[N+](=O)[O-])N(C)Cc1ccc(Cl)nc1. The van der Waals surface area contributed by atoms with Crippen LogP contribution < -0.4 is 0 Å². The summed E-state index contributed by atoms with van der Waals surface area (Å²) < 4.78 is 0. The maximum Gasteiger partial charge on any atom is 0.260 e. The van der Waals surface area contributed by atoms with Crippen molar-refractivity contribution in [2.24, 2.45) is 4.99 Å². The molecule has 1 rings (SSSR count). The Hall–Kier alpha value is -1.69. The average Bonchev–Trinajstić information content (AvgIpc) is 2.31. The van der Waals surface area contributed by atoms with E-state index in [0.29, 0.717) is 24.1 Å². The van der Waals surface area contributed by atoms with Crippen molar-refractivity contribution >= 4 is 17.4 Å². The lowest BCUT2D eigenvalue weighted by atomic mass is 10.2. The summed E-state index contributed by atoms with van der Waals surface area (Å²) in [6.07, 6.45) is 1.65. The van der Waals surface area contributed by atoms with Crippen molar-refractivity contribution in [3.8, 4) is 0 Å². The molecule has 0 aromatic carbocycles. The summed E-state index contributed by atoms with van der Waals surface area (Å²) in [5.74, 6) is 0.456. The molecule has 1 aromatic rings. The Labute approximate surface area is 110 Å². The van der Waals surface area contributed by atoms with Gasteiger partial charge >= 0.3 is 0 Å². The molecule has 0 aliphatic rings. The van der Waals surface area contributed by atoms with Crippen LogP contribution in [0.3, 0.4) is 0 Å². The van der Waals surface area contributed by atoms with E-state index in [2.05, 4.69) is 9.98 Å². The van der Waals surface area contributed by atoms with Crippen molar-refractivity contribution in [1.82, 2.24) is 9.88 Å². The summed E-state index contributed by atoms with van der Waals surface area (Å²) in [5, 5.41) is 11.0. The van der Waals surface area contributed by atoms with Gasteiger partial charge in [-0.05, 0) is 18.6 Å². The average molecular weight is 271 g/mol. The highest BCUT2D eigenvalue weighted by molar-refractivity contribution is 6.29. The molecule has 1 heterocycles. The second-order valence-electron chi connectivity index (χ2n) is 3.73. The molecule has 18 heavy (non-hydrogen) atoms. The van der Waals surface area contributed by atoms with Crippen LogP contribution in [0.25, 0.3) is 0 Å². The lowest BCUT2D eigenvalue weighted by molar-refractivity contribution is -0.464. The Morgan fingerprint density at radius 2 is 2.33 bits per heavy atom. The van der Waals surface area contributed by atoms with E-state index in [1.807, 2.05) is 13.0 Å². The van der Waals surface area contributed by atoms with Gasteiger partial charge in [-0.1, -0.05) is 17.7 Å². The van der Waals surface area contributed by atoms with Crippen molar-refractivity contribution in [3.05, 3.63) is 39.2 Å². The van der Waals surface area contributed by atoms with E-state index in [4.69, 9.17) is 11.6 Å². The van der Waals surface area contributed by atoms with Crippen LogP contribution in [0.2, 0.25) is 5.15 Å². The van der Waals surface area contributed by atoms with Gasteiger partial charge in [-0.3, -0.25) is 15.1 Å². The number of halogens is 1. The summed E-state index contributed by atoms with van der Waals surface area (Å²) >= 11 is 5.69. The molecule has 0 aliphatic heterocycles. The molecule has 0 spiro atoms. The Kier molecular flexibility index (Phi) is 5.51. The van der Waals surface area contributed by atoms with Crippen LogP contribution in [-0.2, 0) is 6.54 Å². The smallest absolute Gasteiger partial charge is 0.260 e. The number of amidine groups is 1. The fraction of sp³-hybridized carbons (Fsp3) is 0.455. The Morgan fingerprint density at radius 1 is 1.61 bits per heavy atom. The minimum atomic E-state index is -0.384. The van der Waals surface area contributed by atoms with Crippen molar-refractivity contribution < 1.29 is 4.92 Å². The molecule has 0 saturated carbocycles. The first-order valence-electron chi connectivity index (χ1n) is 5.49. The summed E-state index contributed by atoms with van der Waals surface area (Å²) in [6.45, 7) is 2.60. The molecular weight excluding hydrogens is 256 g/mol. The number of rotatable bonds is 5. The van der Waals surface area contributed by atoms with Gasteiger partial charge < -0.3 is 4.90 Å². The van der Waals surface area contributed by atoms with Crippen molar-refractivity contribution in [2.45, 2.75) is 13.5 Å². The van der Waals surface area contributed by atoms with E-state index in [-0.39, 0.29) is 11.5 Å². The second-order valence-corrected chi connectivity index (χ2v) is 4.11. The number of aliphatic imine (C=N–C) groups is 1. The Morgan fingerprint density at radius 3 is 2.83 bits per heavy atom. The molecule has 0 fully saturated rings. The van der Waals surface area contributed by atoms with E-state index in [0.717, 1.165) is 5.56 Å². The summed E-state index contributed by atoms with van der Waals surface area (Å²) in [6, 6.07) is 3.52. The lowest BCUT2D eigenvalue weighted by Crippen LogP contribution is -2.32. The van der Waals surface area contributed by atoms with Crippen LogP contribution in [0.5, 0.6) is 0 Å². The van der Waals surface area contributed by atoms with Crippen LogP contribution in [-0.4, -0.2) is 40.8 Å². The topological polar surface area (TPSA) is 71.6 Å². The molecule has 0 saturated heterocycles. The molecule has 0 aliphatic carbocycles. The number of likely N-dealkylation sites (N-methyl/N-ethyl adjacent to an activating group) is 1. The molecule has 7 heteroatoms. The maximum absolute atomic E-state index is 10.6. The van der Waals surface area contributed by atoms with Gasteiger partial charge in [0.05, 0.1) is 0 Å². The zero-order valence-corrected chi connectivity index (χ0v) is 11.1. The van der Waals surface area contributed by atoms with Gasteiger partial charge in [0.2, 0.25) is 0 Å². The lowest BCUT2D eigenvalue weighted by Gasteiger charge is -2.18. The van der Waals surface area contributed by atoms with Crippen LogP contribution in [0, 0.1) is 10.1 Å².